The fourth-order valence-electron chi connectivity index (χ4n) is 1.12. The highest BCUT2D eigenvalue weighted by Crippen LogP contribution is 2.33. The van der Waals surface area contributed by atoms with Crippen LogP contribution >= 0.6 is 11.6 Å². The van der Waals surface area contributed by atoms with Gasteiger partial charge in [0.25, 0.3) is 0 Å². The summed E-state index contributed by atoms with van der Waals surface area (Å²) >= 11 is 5.51. The highest BCUT2D eigenvalue weighted by molar-refractivity contribution is 7.89. The molecule has 106 valence electrons. The number of rotatable bonds is 4. The fourth-order valence-corrected chi connectivity index (χ4v) is 2.62. The zero-order valence-electron chi connectivity index (χ0n) is 9.03. The van der Waals surface area contributed by atoms with Crippen LogP contribution in [-0.4, -0.2) is 26.0 Å². The number of carbonyl (C=O) groups is 1. The summed E-state index contributed by atoms with van der Waals surface area (Å²) in [5.74, 6) is -1.48. The van der Waals surface area contributed by atoms with E-state index in [9.17, 15) is 26.4 Å². The summed E-state index contributed by atoms with van der Waals surface area (Å²) in [5, 5.41) is 7.90. The van der Waals surface area contributed by atoms with Gasteiger partial charge >= 0.3 is 12.1 Å². The molecule has 0 aromatic heterocycles. The van der Waals surface area contributed by atoms with Gasteiger partial charge in [-0.15, -0.1) is 0 Å². The van der Waals surface area contributed by atoms with Crippen molar-refractivity contribution in [3.8, 4) is 0 Å². The lowest BCUT2D eigenvalue weighted by Crippen LogP contribution is -2.29. The summed E-state index contributed by atoms with van der Waals surface area (Å²) in [6.07, 6.45) is -4.73. The molecule has 0 bridgehead atoms. The van der Waals surface area contributed by atoms with Crippen molar-refractivity contribution in [1.29, 1.82) is 0 Å². The van der Waals surface area contributed by atoms with Crippen molar-refractivity contribution in [1.82, 2.24) is 4.72 Å². The van der Waals surface area contributed by atoms with Crippen LogP contribution in [0.25, 0.3) is 0 Å². The van der Waals surface area contributed by atoms with Gasteiger partial charge in [0.2, 0.25) is 10.0 Å². The third kappa shape index (κ3) is 4.08. The number of benzene rings is 1. The SMILES string of the molecule is O=C(O)CNS(=O)(=O)c1cc(C(F)(F)F)ccc1Cl. The number of alkyl halides is 3. The van der Waals surface area contributed by atoms with Gasteiger partial charge in [0.05, 0.1) is 10.6 Å². The Balaban J connectivity index is 3.22. The zero-order chi connectivity index (χ0) is 14.8. The first-order valence-corrected chi connectivity index (χ1v) is 6.48. The molecule has 2 N–H and O–H groups in total. The van der Waals surface area contributed by atoms with Crippen molar-refractivity contribution < 1.29 is 31.5 Å². The minimum Gasteiger partial charge on any atom is -0.480 e. The van der Waals surface area contributed by atoms with Gasteiger partial charge in [-0.1, -0.05) is 11.6 Å². The quantitative estimate of drug-likeness (QED) is 0.885. The monoisotopic (exact) mass is 317 g/mol. The van der Waals surface area contributed by atoms with Crippen LogP contribution in [0.1, 0.15) is 5.56 Å². The van der Waals surface area contributed by atoms with Crippen LogP contribution in [0.3, 0.4) is 0 Å². The van der Waals surface area contributed by atoms with E-state index in [0.29, 0.717) is 12.1 Å². The van der Waals surface area contributed by atoms with Gasteiger partial charge in [-0.2, -0.15) is 17.9 Å². The molecule has 0 saturated heterocycles. The van der Waals surface area contributed by atoms with Crippen LogP contribution < -0.4 is 4.72 Å². The number of nitrogens with one attached hydrogen (secondary N) is 1. The maximum atomic E-state index is 12.4. The van der Waals surface area contributed by atoms with Gasteiger partial charge in [0, 0.05) is 0 Å². The smallest absolute Gasteiger partial charge is 0.416 e. The van der Waals surface area contributed by atoms with E-state index >= 15 is 0 Å². The lowest BCUT2D eigenvalue weighted by molar-refractivity contribution is -0.138. The molecule has 0 atom stereocenters. The molecule has 0 aliphatic carbocycles. The first kappa shape index (κ1) is 15.7. The maximum absolute atomic E-state index is 12.4. The lowest BCUT2D eigenvalue weighted by Gasteiger charge is -2.11. The molecule has 0 amide bonds. The molecular formula is C9H7ClF3NO4S. The van der Waals surface area contributed by atoms with E-state index in [1.165, 1.54) is 0 Å². The van der Waals surface area contributed by atoms with Crippen LogP contribution in [-0.2, 0) is 21.0 Å². The molecule has 1 rings (SSSR count). The van der Waals surface area contributed by atoms with Crippen molar-refractivity contribution in [2.45, 2.75) is 11.1 Å². The largest absolute Gasteiger partial charge is 0.480 e. The summed E-state index contributed by atoms with van der Waals surface area (Å²) in [5.41, 5.74) is -1.20. The van der Waals surface area contributed by atoms with Gasteiger partial charge < -0.3 is 5.11 Å². The topological polar surface area (TPSA) is 83.5 Å². The normalized spacial score (nSPS) is 12.4. The third-order valence-corrected chi connectivity index (χ3v) is 3.84. The molecular weight excluding hydrogens is 311 g/mol. The van der Waals surface area contributed by atoms with Crippen LogP contribution in [0.2, 0.25) is 5.02 Å². The molecule has 0 fully saturated rings. The Bertz CT molecular complexity index is 600. The highest BCUT2D eigenvalue weighted by Gasteiger charge is 2.32. The Morgan fingerprint density at radius 3 is 2.42 bits per heavy atom. The number of carboxylic acid groups (broad SMARTS) is 1. The maximum Gasteiger partial charge on any atom is 0.416 e. The highest BCUT2D eigenvalue weighted by atomic mass is 35.5. The number of hydrogen-bond donors (Lipinski definition) is 2. The molecule has 10 heteroatoms. The second kappa shape index (κ2) is 5.35. The van der Waals surface area contributed by atoms with Gasteiger partial charge in [-0.3, -0.25) is 4.79 Å². The molecule has 0 saturated carbocycles. The number of sulfonamides is 1. The molecule has 0 spiro atoms. The van der Waals surface area contributed by atoms with E-state index in [2.05, 4.69) is 0 Å². The summed E-state index contributed by atoms with van der Waals surface area (Å²) in [6.45, 7) is -0.963. The molecule has 0 unspecified atom stereocenters. The van der Waals surface area contributed by atoms with E-state index in [1.54, 1.807) is 4.72 Å². The van der Waals surface area contributed by atoms with E-state index < -0.39 is 44.2 Å². The third-order valence-electron chi connectivity index (χ3n) is 1.96. The molecule has 1 aromatic rings. The van der Waals surface area contributed by atoms with Crippen molar-refractivity contribution >= 4 is 27.6 Å². The standard InChI is InChI=1S/C9H7ClF3NO4S/c10-6-2-1-5(9(11,12)13)3-7(6)19(17,18)14-4-8(15)16/h1-3,14H,4H2,(H,15,16). The van der Waals surface area contributed by atoms with Crippen LogP contribution in [0, 0.1) is 0 Å². The van der Waals surface area contributed by atoms with Crippen molar-refractivity contribution in [3.05, 3.63) is 28.8 Å². The van der Waals surface area contributed by atoms with Crippen molar-refractivity contribution in [3.63, 3.8) is 0 Å². The van der Waals surface area contributed by atoms with E-state index in [1.807, 2.05) is 0 Å². The van der Waals surface area contributed by atoms with Gasteiger partial charge in [0.15, 0.2) is 0 Å². The summed E-state index contributed by atoms with van der Waals surface area (Å²) in [6, 6.07) is 1.74. The second-order valence-electron chi connectivity index (χ2n) is 3.36. The molecule has 0 aliphatic rings. The molecule has 1 aromatic carbocycles. The minimum atomic E-state index is -4.73. The molecule has 0 heterocycles. The van der Waals surface area contributed by atoms with Crippen LogP contribution in [0.5, 0.6) is 0 Å². The van der Waals surface area contributed by atoms with E-state index in [4.69, 9.17) is 16.7 Å². The van der Waals surface area contributed by atoms with Crippen molar-refractivity contribution in [2.24, 2.45) is 0 Å². The summed E-state index contributed by atoms with van der Waals surface area (Å²) in [7, 11) is -4.43. The first-order valence-electron chi connectivity index (χ1n) is 4.62. The Labute approximate surface area is 111 Å². The Morgan fingerprint density at radius 2 is 1.95 bits per heavy atom. The zero-order valence-corrected chi connectivity index (χ0v) is 10.6. The molecule has 0 radical (unpaired) electrons. The Kier molecular flexibility index (Phi) is 4.43. The first-order chi connectivity index (χ1) is 8.54. The van der Waals surface area contributed by atoms with E-state index in [0.717, 1.165) is 6.07 Å². The number of carboxylic acids is 1. The summed E-state index contributed by atoms with van der Waals surface area (Å²) in [4.78, 5) is 9.42. The number of aliphatic carboxylic acids is 1. The number of hydrogen-bond acceptors (Lipinski definition) is 3. The fraction of sp³-hybridized carbons (Fsp3) is 0.222. The Morgan fingerprint density at radius 1 is 1.37 bits per heavy atom. The van der Waals surface area contributed by atoms with Gasteiger partial charge in [0.1, 0.15) is 11.4 Å². The second-order valence-corrected chi connectivity index (χ2v) is 5.50. The van der Waals surface area contributed by atoms with E-state index in [-0.39, 0.29) is 0 Å². The predicted molar refractivity (Wildman–Crippen MR) is 59.3 cm³/mol. The van der Waals surface area contributed by atoms with Gasteiger partial charge in [-0.25, -0.2) is 8.42 Å². The van der Waals surface area contributed by atoms with Crippen LogP contribution in [0.4, 0.5) is 13.2 Å². The van der Waals surface area contributed by atoms with Gasteiger partial charge in [-0.05, 0) is 18.2 Å². The molecule has 5 nitrogen and oxygen atoms in total. The van der Waals surface area contributed by atoms with Crippen LogP contribution in [0.15, 0.2) is 23.1 Å². The minimum absolute atomic E-state index is 0.340. The predicted octanol–water partition coefficient (Wildman–Crippen LogP) is 1.72. The molecule has 0 aliphatic heterocycles. The number of halogens is 4. The average molecular weight is 318 g/mol. The summed E-state index contributed by atoms with van der Waals surface area (Å²) < 4.78 is 62.2. The lowest BCUT2D eigenvalue weighted by atomic mass is 10.2. The van der Waals surface area contributed by atoms with Crippen molar-refractivity contribution in [2.75, 3.05) is 6.54 Å². The molecule has 19 heavy (non-hydrogen) atoms. The Hall–Kier alpha value is -1.32. The average Bonchev–Trinajstić information content (AvgIpc) is 2.25.